The van der Waals surface area contributed by atoms with Crippen molar-refractivity contribution in [1.29, 1.82) is 0 Å². The second-order valence-electron chi connectivity index (χ2n) is 4.47. The molecule has 0 radical (unpaired) electrons. The fourth-order valence-electron chi connectivity index (χ4n) is 2.19. The molecule has 0 aliphatic heterocycles. The molecular formula is C13H20N4. The smallest absolute Gasteiger partial charge is 0.0610 e. The molecule has 0 aliphatic carbocycles. The number of aromatic amines is 1. The number of hydrogen-bond acceptors (Lipinski definition) is 3. The van der Waals surface area contributed by atoms with Gasteiger partial charge in [0.1, 0.15) is 0 Å². The van der Waals surface area contributed by atoms with Crippen molar-refractivity contribution in [3.8, 4) is 0 Å². The van der Waals surface area contributed by atoms with Gasteiger partial charge in [0.25, 0.3) is 0 Å². The topological polar surface area (TPSA) is 57.1 Å². The lowest BCUT2D eigenvalue weighted by atomic mass is 10.1. The Bertz CT molecular complexity index is 489. The Kier molecular flexibility index (Phi) is 3.78. The second-order valence-corrected chi connectivity index (χ2v) is 4.47. The van der Waals surface area contributed by atoms with E-state index in [1.165, 1.54) is 22.2 Å². The van der Waals surface area contributed by atoms with Crippen molar-refractivity contribution in [2.75, 3.05) is 20.3 Å². The van der Waals surface area contributed by atoms with Gasteiger partial charge in [0.05, 0.1) is 6.67 Å². The lowest BCUT2D eigenvalue weighted by Crippen LogP contribution is -2.36. The minimum absolute atomic E-state index is 0.710. The van der Waals surface area contributed by atoms with Crippen molar-refractivity contribution >= 4 is 10.9 Å². The normalized spacial score (nSPS) is 11.5. The number of nitrogens with zero attached hydrogens (tertiary/aromatic N) is 1. The lowest BCUT2D eigenvalue weighted by Gasteiger charge is -2.15. The van der Waals surface area contributed by atoms with E-state index in [0.29, 0.717) is 6.67 Å². The van der Waals surface area contributed by atoms with E-state index in [-0.39, 0.29) is 0 Å². The van der Waals surface area contributed by atoms with E-state index in [4.69, 9.17) is 5.84 Å². The van der Waals surface area contributed by atoms with Crippen LogP contribution in [-0.4, -0.2) is 30.1 Å². The van der Waals surface area contributed by atoms with Crippen LogP contribution in [0, 0.1) is 6.92 Å². The number of aromatic nitrogens is 1. The summed E-state index contributed by atoms with van der Waals surface area (Å²) in [6.07, 6.45) is 1.04. The molecule has 0 saturated heterocycles. The van der Waals surface area contributed by atoms with Gasteiger partial charge in [-0.3, -0.25) is 10.7 Å². The summed E-state index contributed by atoms with van der Waals surface area (Å²) in [5.41, 5.74) is 6.56. The maximum absolute atomic E-state index is 5.30. The number of benzene rings is 1. The lowest BCUT2D eigenvalue weighted by molar-refractivity contribution is 0.313. The van der Waals surface area contributed by atoms with Crippen molar-refractivity contribution in [2.45, 2.75) is 13.3 Å². The molecule has 1 aromatic heterocycles. The van der Waals surface area contributed by atoms with Gasteiger partial charge in [0.15, 0.2) is 0 Å². The molecular weight excluding hydrogens is 212 g/mol. The number of H-pyrrole nitrogens is 1. The molecule has 0 aliphatic rings. The number of hydrazine groups is 1. The zero-order valence-electron chi connectivity index (χ0n) is 10.5. The molecule has 1 heterocycles. The number of para-hydroxylation sites is 1. The van der Waals surface area contributed by atoms with Crippen molar-refractivity contribution in [3.63, 3.8) is 0 Å². The molecule has 1 aromatic carbocycles. The molecule has 4 N–H and O–H groups in total. The summed E-state index contributed by atoms with van der Waals surface area (Å²) in [4.78, 5) is 5.59. The highest BCUT2D eigenvalue weighted by Crippen LogP contribution is 2.22. The van der Waals surface area contributed by atoms with Crippen LogP contribution in [0.2, 0.25) is 0 Å². The zero-order chi connectivity index (χ0) is 12.3. The Hall–Kier alpha value is -1.36. The standard InChI is InChI=1S/C13H20N4/c1-10-11(7-8-17(2)9-15-14)12-5-3-4-6-13(12)16-10/h3-6,15-16H,7-9,14H2,1-2H3. The minimum atomic E-state index is 0.710. The number of fused-ring (bicyclic) bond motifs is 1. The fourth-order valence-corrected chi connectivity index (χ4v) is 2.19. The molecule has 0 amide bonds. The first-order valence-electron chi connectivity index (χ1n) is 5.90. The highest BCUT2D eigenvalue weighted by atomic mass is 15.3. The van der Waals surface area contributed by atoms with Gasteiger partial charge < -0.3 is 4.98 Å². The number of likely N-dealkylation sites (N-methyl/N-ethyl adjacent to an activating group) is 1. The molecule has 2 rings (SSSR count). The van der Waals surface area contributed by atoms with Crippen molar-refractivity contribution in [1.82, 2.24) is 15.3 Å². The van der Waals surface area contributed by atoms with Gasteiger partial charge in [0.2, 0.25) is 0 Å². The van der Waals surface area contributed by atoms with Crippen LogP contribution in [0.1, 0.15) is 11.3 Å². The zero-order valence-corrected chi connectivity index (χ0v) is 10.5. The largest absolute Gasteiger partial charge is 0.358 e. The van der Waals surface area contributed by atoms with Crippen LogP contribution in [0.15, 0.2) is 24.3 Å². The number of nitrogens with one attached hydrogen (secondary N) is 2. The van der Waals surface area contributed by atoms with Gasteiger partial charge in [0, 0.05) is 23.1 Å². The Labute approximate surface area is 102 Å². The monoisotopic (exact) mass is 232 g/mol. The summed E-state index contributed by atoms with van der Waals surface area (Å²) in [6, 6.07) is 8.45. The molecule has 0 atom stereocenters. The van der Waals surface area contributed by atoms with Crippen LogP contribution in [-0.2, 0) is 6.42 Å². The number of nitrogens with two attached hydrogens (primary N) is 1. The van der Waals surface area contributed by atoms with Crippen LogP contribution >= 0.6 is 0 Å². The number of aryl methyl sites for hydroxylation is 1. The van der Waals surface area contributed by atoms with Crippen LogP contribution in [0.5, 0.6) is 0 Å². The maximum Gasteiger partial charge on any atom is 0.0610 e. The first-order chi connectivity index (χ1) is 8.22. The molecule has 0 fully saturated rings. The number of rotatable bonds is 5. The van der Waals surface area contributed by atoms with Crippen molar-refractivity contribution < 1.29 is 0 Å². The van der Waals surface area contributed by atoms with Gasteiger partial charge in [-0.05, 0) is 32.0 Å². The predicted molar refractivity (Wildman–Crippen MR) is 71.6 cm³/mol. The molecule has 17 heavy (non-hydrogen) atoms. The first kappa shape index (κ1) is 12.1. The fraction of sp³-hybridized carbons (Fsp3) is 0.385. The Morgan fingerprint density at radius 1 is 1.35 bits per heavy atom. The molecule has 2 aromatic rings. The summed E-state index contributed by atoms with van der Waals surface area (Å²) in [7, 11) is 2.06. The molecule has 0 unspecified atom stereocenters. The Balaban J connectivity index is 2.15. The van der Waals surface area contributed by atoms with E-state index in [0.717, 1.165) is 13.0 Å². The maximum atomic E-state index is 5.30. The molecule has 4 nitrogen and oxygen atoms in total. The highest BCUT2D eigenvalue weighted by Gasteiger charge is 2.08. The van der Waals surface area contributed by atoms with E-state index in [1.54, 1.807) is 0 Å². The third kappa shape index (κ3) is 2.66. The highest BCUT2D eigenvalue weighted by molar-refractivity contribution is 5.84. The molecule has 4 heteroatoms. The quantitative estimate of drug-likeness (QED) is 0.414. The van der Waals surface area contributed by atoms with Crippen molar-refractivity contribution in [2.24, 2.45) is 5.84 Å². The van der Waals surface area contributed by atoms with Crippen molar-refractivity contribution in [3.05, 3.63) is 35.5 Å². The molecule has 0 spiro atoms. The summed E-state index contributed by atoms with van der Waals surface area (Å²) < 4.78 is 0. The summed E-state index contributed by atoms with van der Waals surface area (Å²) in [6.45, 7) is 3.84. The van der Waals surface area contributed by atoms with Gasteiger partial charge >= 0.3 is 0 Å². The van der Waals surface area contributed by atoms with Gasteiger partial charge in [-0.1, -0.05) is 18.2 Å². The third-order valence-corrected chi connectivity index (χ3v) is 3.13. The van der Waals surface area contributed by atoms with E-state index in [1.807, 2.05) is 0 Å². The van der Waals surface area contributed by atoms with E-state index >= 15 is 0 Å². The Morgan fingerprint density at radius 3 is 2.88 bits per heavy atom. The third-order valence-electron chi connectivity index (χ3n) is 3.13. The van der Waals surface area contributed by atoms with E-state index < -0.39 is 0 Å². The van der Waals surface area contributed by atoms with Gasteiger partial charge in [-0.25, -0.2) is 5.43 Å². The van der Waals surface area contributed by atoms with Gasteiger partial charge in [-0.2, -0.15) is 0 Å². The van der Waals surface area contributed by atoms with Crippen LogP contribution < -0.4 is 11.3 Å². The van der Waals surface area contributed by atoms with E-state index in [2.05, 4.69) is 53.5 Å². The number of hydrogen-bond donors (Lipinski definition) is 3. The van der Waals surface area contributed by atoms with E-state index in [9.17, 15) is 0 Å². The average Bonchev–Trinajstić information content (AvgIpc) is 2.62. The van der Waals surface area contributed by atoms with Crippen LogP contribution in [0.4, 0.5) is 0 Å². The molecule has 0 saturated carbocycles. The SMILES string of the molecule is Cc1[nH]c2ccccc2c1CCN(C)CNN. The summed E-state index contributed by atoms with van der Waals surface area (Å²) >= 11 is 0. The predicted octanol–water partition coefficient (Wildman–Crippen LogP) is 1.37. The second kappa shape index (κ2) is 5.31. The Morgan fingerprint density at radius 2 is 2.12 bits per heavy atom. The summed E-state index contributed by atoms with van der Waals surface area (Å²) in [5.74, 6) is 5.30. The summed E-state index contributed by atoms with van der Waals surface area (Å²) in [5, 5.41) is 1.33. The molecule has 92 valence electrons. The first-order valence-corrected chi connectivity index (χ1v) is 5.90. The molecule has 0 bridgehead atoms. The van der Waals surface area contributed by atoms with Crippen LogP contribution in [0.25, 0.3) is 10.9 Å². The average molecular weight is 232 g/mol. The minimum Gasteiger partial charge on any atom is -0.358 e. The van der Waals surface area contributed by atoms with Crippen LogP contribution in [0.3, 0.4) is 0 Å². The van der Waals surface area contributed by atoms with Gasteiger partial charge in [-0.15, -0.1) is 0 Å².